The fourth-order valence-corrected chi connectivity index (χ4v) is 1.13. The molecule has 3 heteroatoms. The number of benzene rings is 1. The zero-order valence-corrected chi connectivity index (χ0v) is 6.69. The molecule has 0 aliphatic rings. The molecule has 0 bridgehead atoms. The summed E-state index contributed by atoms with van der Waals surface area (Å²) in [5.41, 5.74) is 0.982. The third-order valence-electron chi connectivity index (χ3n) is 1.77. The molecule has 13 heavy (non-hydrogen) atoms. The molecule has 63 valence electrons. The van der Waals surface area contributed by atoms with Crippen molar-refractivity contribution in [3.8, 4) is 0 Å². The zero-order chi connectivity index (χ0) is 9.26. The van der Waals surface area contributed by atoms with Crippen LogP contribution in [0.5, 0.6) is 0 Å². The lowest BCUT2D eigenvalue weighted by Gasteiger charge is -1.97. The highest BCUT2D eigenvalue weighted by molar-refractivity contribution is 5.92. The van der Waals surface area contributed by atoms with Crippen molar-refractivity contribution in [2.24, 2.45) is 0 Å². The summed E-state index contributed by atoms with van der Waals surface area (Å²) in [4.78, 5) is 14.6. The molecular weight excluding hydrogens is 166 g/mol. The minimum Gasteiger partial charge on any atom is -0.478 e. The number of pyridine rings is 1. The molecule has 0 saturated carbocycles. The number of carboxylic acid groups (broad SMARTS) is 1. The third kappa shape index (κ3) is 1.36. The fourth-order valence-electron chi connectivity index (χ4n) is 1.13. The van der Waals surface area contributed by atoms with Crippen molar-refractivity contribution in [3.63, 3.8) is 0 Å². The van der Waals surface area contributed by atoms with E-state index in [2.05, 4.69) is 11.1 Å². The van der Waals surface area contributed by atoms with Gasteiger partial charge in [-0.3, -0.25) is 4.98 Å². The first kappa shape index (κ1) is 7.73. The Hall–Kier alpha value is -1.90. The third-order valence-corrected chi connectivity index (χ3v) is 1.77. The minimum atomic E-state index is -0.960. The maximum Gasteiger partial charge on any atom is 0.337 e. The molecule has 2 aromatic rings. The Kier molecular flexibility index (Phi) is 1.70. The van der Waals surface area contributed by atoms with Crippen LogP contribution in [0.1, 0.15) is 10.4 Å². The Labute approximate surface area is 74.7 Å². The Balaban J connectivity index is 2.69. The number of carbonyl (C=O) groups is 1. The summed E-state index contributed by atoms with van der Waals surface area (Å²) in [6.07, 6.45) is 1.35. The SMILES string of the molecule is O=C(O)c1cnc2cc[c]cc2c1. The van der Waals surface area contributed by atoms with E-state index in [0.717, 1.165) is 10.9 Å². The van der Waals surface area contributed by atoms with Crippen molar-refractivity contribution in [2.75, 3.05) is 0 Å². The lowest BCUT2D eigenvalue weighted by Crippen LogP contribution is -1.96. The van der Waals surface area contributed by atoms with Crippen LogP contribution < -0.4 is 0 Å². The molecule has 0 unspecified atom stereocenters. The topological polar surface area (TPSA) is 50.2 Å². The minimum absolute atomic E-state index is 0.201. The molecule has 0 atom stereocenters. The summed E-state index contributed by atoms with van der Waals surface area (Å²) in [6.45, 7) is 0. The number of nitrogens with zero attached hydrogens (tertiary/aromatic N) is 1. The van der Waals surface area contributed by atoms with Crippen LogP contribution in [0.3, 0.4) is 0 Å². The van der Waals surface area contributed by atoms with Gasteiger partial charge in [-0.25, -0.2) is 4.79 Å². The van der Waals surface area contributed by atoms with Gasteiger partial charge in [-0.05, 0) is 24.3 Å². The van der Waals surface area contributed by atoms with Gasteiger partial charge in [0, 0.05) is 11.6 Å². The molecule has 0 aliphatic heterocycles. The number of fused-ring (bicyclic) bond motifs is 1. The van der Waals surface area contributed by atoms with Gasteiger partial charge in [0.25, 0.3) is 0 Å². The second-order valence-corrected chi connectivity index (χ2v) is 2.65. The molecule has 1 heterocycles. The van der Waals surface area contributed by atoms with E-state index in [9.17, 15) is 4.79 Å². The lowest BCUT2D eigenvalue weighted by atomic mass is 10.2. The lowest BCUT2D eigenvalue weighted by molar-refractivity contribution is 0.0696. The van der Waals surface area contributed by atoms with E-state index in [1.807, 2.05) is 0 Å². The highest BCUT2D eigenvalue weighted by Crippen LogP contribution is 2.11. The highest BCUT2D eigenvalue weighted by Gasteiger charge is 2.03. The molecule has 0 amide bonds. The summed E-state index contributed by atoms with van der Waals surface area (Å²) in [6, 6.07) is 9.71. The van der Waals surface area contributed by atoms with Gasteiger partial charge in [-0.2, -0.15) is 0 Å². The predicted molar refractivity (Wildman–Crippen MR) is 47.5 cm³/mol. The monoisotopic (exact) mass is 172 g/mol. The smallest absolute Gasteiger partial charge is 0.337 e. The van der Waals surface area contributed by atoms with E-state index in [4.69, 9.17) is 5.11 Å². The molecule has 0 saturated heterocycles. The number of hydrogen-bond acceptors (Lipinski definition) is 2. The van der Waals surface area contributed by atoms with Crippen LogP contribution in [0.4, 0.5) is 0 Å². The van der Waals surface area contributed by atoms with Crippen molar-refractivity contribution in [3.05, 3.63) is 42.1 Å². The average molecular weight is 172 g/mol. The quantitative estimate of drug-likeness (QED) is 0.712. The van der Waals surface area contributed by atoms with Crippen molar-refractivity contribution in [1.29, 1.82) is 0 Å². The van der Waals surface area contributed by atoms with Crippen LogP contribution in [-0.2, 0) is 0 Å². The zero-order valence-electron chi connectivity index (χ0n) is 6.69. The predicted octanol–water partition coefficient (Wildman–Crippen LogP) is 1.73. The first-order valence-corrected chi connectivity index (χ1v) is 3.76. The molecule has 3 nitrogen and oxygen atoms in total. The summed E-state index contributed by atoms with van der Waals surface area (Å²) in [7, 11) is 0. The van der Waals surface area contributed by atoms with Gasteiger partial charge in [0.2, 0.25) is 0 Å². The van der Waals surface area contributed by atoms with Crippen molar-refractivity contribution in [2.45, 2.75) is 0 Å². The molecule has 0 spiro atoms. The number of aromatic carboxylic acids is 1. The van der Waals surface area contributed by atoms with Gasteiger partial charge >= 0.3 is 5.97 Å². The Morgan fingerprint density at radius 3 is 3.15 bits per heavy atom. The Morgan fingerprint density at radius 1 is 1.54 bits per heavy atom. The molecule has 0 fully saturated rings. The summed E-state index contributed by atoms with van der Waals surface area (Å²) in [5.74, 6) is -0.960. The highest BCUT2D eigenvalue weighted by atomic mass is 16.4. The second kappa shape index (κ2) is 2.86. The van der Waals surface area contributed by atoms with E-state index in [0.29, 0.717) is 0 Å². The van der Waals surface area contributed by atoms with Gasteiger partial charge in [0.1, 0.15) is 0 Å². The maximum absolute atomic E-state index is 10.6. The number of aromatic nitrogens is 1. The van der Waals surface area contributed by atoms with Crippen LogP contribution in [0.2, 0.25) is 0 Å². The molecule has 1 N–H and O–H groups in total. The summed E-state index contributed by atoms with van der Waals surface area (Å²) >= 11 is 0. The second-order valence-electron chi connectivity index (χ2n) is 2.65. The van der Waals surface area contributed by atoms with Crippen molar-refractivity contribution < 1.29 is 9.90 Å². The molecule has 1 radical (unpaired) electrons. The summed E-state index contributed by atoms with van der Waals surface area (Å²) in [5, 5.41) is 9.49. The summed E-state index contributed by atoms with van der Waals surface area (Å²) < 4.78 is 0. The normalized spacial score (nSPS) is 10.2. The molecule has 1 aromatic carbocycles. The molecule has 2 rings (SSSR count). The van der Waals surface area contributed by atoms with Gasteiger partial charge < -0.3 is 5.11 Å². The largest absolute Gasteiger partial charge is 0.478 e. The Morgan fingerprint density at radius 2 is 2.38 bits per heavy atom. The van der Waals surface area contributed by atoms with Crippen LogP contribution >= 0.6 is 0 Å². The van der Waals surface area contributed by atoms with E-state index in [1.54, 1.807) is 24.3 Å². The van der Waals surface area contributed by atoms with E-state index in [-0.39, 0.29) is 5.56 Å². The first-order valence-electron chi connectivity index (χ1n) is 3.76. The molecule has 0 aliphatic carbocycles. The van der Waals surface area contributed by atoms with Gasteiger partial charge in [0.05, 0.1) is 11.1 Å². The fraction of sp³-hybridized carbons (Fsp3) is 0. The number of rotatable bonds is 1. The van der Waals surface area contributed by atoms with E-state index >= 15 is 0 Å². The Bertz CT molecular complexity index is 465. The van der Waals surface area contributed by atoms with Gasteiger partial charge in [-0.1, -0.05) is 6.07 Å². The van der Waals surface area contributed by atoms with E-state index in [1.165, 1.54) is 6.20 Å². The van der Waals surface area contributed by atoms with Gasteiger partial charge in [0.15, 0.2) is 0 Å². The average Bonchev–Trinajstić information content (AvgIpc) is 2.17. The molecular formula is C10H6NO2. The standard InChI is InChI=1S/C10H6NO2/c12-10(13)8-5-7-3-1-2-4-9(7)11-6-8/h2-6H,(H,12,13). The van der Waals surface area contributed by atoms with Crippen molar-refractivity contribution >= 4 is 16.9 Å². The van der Waals surface area contributed by atoms with Crippen LogP contribution in [0.25, 0.3) is 10.9 Å². The van der Waals surface area contributed by atoms with Crippen molar-refractivity contribution in [1.82, 2.24) is 4.98 Å². The van der Waals surface area contributed by atoms with Crippen LogP contribution in [-0.4, -0.2) is 16.1 Å². The first-order chi connectivity index (χ1) is 6.27. The van der Waals surface area contributed by atoms with E-state index < -0.39 is 5.97 Å². The maximum atomic E-state index is 10.6. The number of carboxylic acids is 1. The molecule has 1 aromatic heterocycles. The number of hydrogen-bond donors (Lipinski definition) is 1. The van der Waals surface area contributed by atoms with Gasteiger partial charge in [-0.15, -0.1) is 0 Å². The van der Waals surface area contributed by atoms with Crippen LogP contribution in [0, 0.1) is 6.07 Å². The van der Waals surface area contributed by atoms with Crippen LogP contribution in [0.15, 0.2) is 30.5 Å².